The van der Waals surface area contributed by atoms with Gasteiger partial charge in [-0.15, -0.1) is 11.8 Å². The number of hydrogen-bond donors (Lipinski definition) is 0. The number of thioether (sulfide) groups is 1. The molecule has 1 fully saturated rings. The van der Waals surface area contributed by atoms with E-state index < -0.39 is 47.0 Å². The van der Waals surface area contributed by atoms with Gasteiger partial charge in [0.2, 0.25) is 11.2 Å². The average Bonchev–Trinajstić information content (AvgIpc) is 3.21. The topological polar surface area (TPSA) is 84.3 Å². The number of carbonyl (C=O) groups is 2. The highest BCUT2D eigenvalue weighted by atomic mass is 32.2. The zero-order valence-electron chi connectivity index (χ0n) is 23.5. The van der Waals surface area contributed by atoms with E-state index in [0.29, 0.717) is 11.3 Å². The van der Waals surface area contributed by atoms with Crippen LogP contribution in [0.2, 0.25) is 0 Å². The van der Waals surface area contributed by atoms with Gasteiger partial charge in [0.1, 0.15) is 6.17 Å². The highest BCUT2D eigenvalue weighted by Gasteiger charge is 2.46. The number of nitrogens with zero attached hydrogens (tertiary/aromatic N) is 4. The normalized spacial score (nSPS) is 18.8. The molecule has 12 heteroatoms. The Labute approximate surface area is 255 Å². The first kappa shape index (κ1) is 28.1. The molecule has 2 amide bonds. The first-order chi connectivity index (χ1) is 21.3. The number of aromatic nitrogens is 1. The van der Waals surface area contributed by atoms with Gasteiger partial charge in [-0.3, -0.25) is 24.2 Å². The third kappa shape index (κ3) is 4.52. The van der Waals surface area contributed by atoms with Crippen molar-refractivity contribution >= 4 is 29.4 Å². The lowest BCUT2D eigenvalue weighted by atomic mass is 9.93. The van der Waals surface area contributed by atoms with Crippen LogP contribution < -0.4 is 20.1 Å². The predicted molar refractivity (Wildman–Crippen MR) is 160 cm³/mol. The van der Waals surface area contributed by atoms with Crippen LogP contribution in [0, 0.1) is 11.6 Å². The SMILES string of the molecule is CN(C(=O)Oc1c2n(ccc1=O)N([C@@H]1c3ccccc3SCc3c1ccc(F)c3F)[C@@H]1COCCN1C2=O)c1ccccc1. The number of halogens is 2. The van der Waals surface area contributed by atoms with Crippen molar-refractivity contribution in [3.8, 4) is 5.75 Å². The molecule has 1 saturated heterocycles. The minimum Gasteiger partial charge on any atom is -0.403 e. The number of pyridine rings is 1. The van der Waals surface area contributed by atoms with Crippen molar-refractivity contribution in [1.29, 1.82) is 0 Å². The fourth-order valence-corrected chi connectivity index (χ4v) is 7.10. The maximum atomic E-state index is 15.4. The Kier molecular flexibility index (Phi) is 7.10. The molecule has 44 heavy (non-hydrogen) atoms. The molecule has 3 aliphatic rings. The standard InChI is InChI=1S/C32H26F2N4O5S/c1-35(19-7-3-2-4-8-19)32(41)43-30-24(39)13-14-37-29(30)31(40)36-15-16-42-17-26(36)38(37)28-20-11-12-23(33)27(34)22(20)18-44-25-10-6-5-9-21(25)28/h2-14,26,28H,15-18H2,1H3/t26-,28+/m1/s1. The zero-order valence-corrected chi connectivity index (χ0v) is 24.3. The predicted octanol–water partition coefficient (Wildman–Crippen LogP) is 4.91. The second-order valence-electron chi connectivity index (χ2n) is 10.6. The molecule has 4 aromatic rings. The Hall–Kier alpha value is -4.68. The molecule has 224 valence electrons. The third-order valence-corrected chi connectivity index (χ3v) is 9.26. The van der Waals surface area contributed by atoms with Gasteiger partial charge in [-0.2, -0.15) is 0 Å². The molecule has 0 aliphatic carbocycles. The van der Waals surface area contributed by atoms with Crippen LogP contribution in [0.3, 0.4) is 0 Å². The van der Waals surface area contributed by atoms with Crippen molar-refractivity contribution in [3.05, 3.63) is 123 Å². The molecule has 3 aromatic carbocycles. The molecule has 1 aromatic heterocycles. The van der Waals surface area contributed by atoms with E-state index >= 15 is 4.39 Å². The monoisotopic (exact) mass is 616 g/mol. The Morgan fingerprint density at radius 2 is 1.77 bits per heavy atom. The molecule has 0 spiro atoms. The molecule has 0 unspecified atom stereocenters. The first-order valence-electron chi connectivity index (χ1n) is 14.0. The van der Waals surface area contributed by atoms with E-state index in [0.717, 1.165) is 16.5 Å². The molecule has 4 heterocycles. The zero-order chi connectivity index (χ0) is 30.5. The second-order valence-corrected chi connectivity index (χ2v) is 11.6. The Bertz CT molecular complexity index is 1850. The summed E-state index contributed by atoms with van der Waals surface area (Å²) in [6.07, 6.45) is -0.0891. The van der Waals surface area contributed by atoms with Crippen LogP contribution in [-0.2, 0) is 10.5 Å². The van der Waals surface area contributed by atoms with E-state index in [-0.39, 0.29) is 36.8 Å². The summed E-state index contributed by atoms with van der Waals surface area (Å²) >= 11 is 1.39. The van der Waals surface area contributed by atoms with E-state index in [4.69, 9.17) is 9.47 Å². The Morgan fingerprint density at radius 1 is 1.00 bits per heavy atom. The second kappa shape index (κ2) is 11.1. The molecule has 9 nitrogen and oxygen atoms in total. The van der Waals surface area contributed by atoms with E-state index in [9.17, 15) is 18.8 Å². The lowest BCUT2D eigenvalue weighted by Gasteiger charge is -2.51. The summed E-state index contributed by atoms with van der Waals surface area (Å²) in [5, 5.41) is 1.83. The fourth-order valence-electron chi connectivity index (χ4n) is 5.98. The Balaban J connectivity index is 1.43. The van der Waals surface area contributed by atoms with Gasteiger partial charge in [0.25, 0.3) is 5.91 Å². The minimum absolute atomic E-state index is 0.119. The first-order valence-corrected chi connectivity index (χ1v) is 15.0. The van der Waals surface area contributed by atoms with E-state index in [1.165, 1.54) is 40.6 Å². The van der Waals surface area contributed by atoms with Crippen molar-refractivity contribution in [3.63, 3.8) is 0 Å². The summed E-state index contributed by atoms with van der Waals surface area (Å²) in [5.74, 6) is -2.64. The average molecular weight is 617 g/mol. The van der Waals surface area contributed by atoms with Crippen LogP contribution in [0.15, 0.2) is 88.7 Å². The fraction of sp³-hybridized carbons (Fsp3) is 0.219. The van der Waals surface area contributed by atoms with Crippen molar-refractivity contribution in [2.24, 2.45) is 0 Å². The number of hydrogen-bond acceptors (Lipinski definition) is 7. The van der Waals surface area contributed by atoms with E-state index in [1.54, 1.807) is 41.3 Å². The Morgan fingerprint density at radius 3 is 2.59 bits per heavy atom. The number of fused-ring (bicyclic) bond motifs is 4. The summed E-state index contributed by atoms with van der Waals surface area (Å²) in [6, 6.07) is 19.4. The molecule has 7 rings (SSSR count). The van der Waals surface area contributed by atoms with Crippen molar-refractivity contribution < 1.29 is 27.8 Å². The maximum absolute atomic E-state index is 15.4. The highest BCUT2D eigenvalue weighted by Crippen LogP contribution is 2.45. The number of para-hydroxylation sites is 1. The lowest BCUT2D eigenvalue weighted by Crippen LogP contribution is -2.66. The molecular formula is C32H26F2N4O5S. The molecule has 0 N–H and O–H groups in total. The van der Waals surface area contributed by atoms with Gasteiger partial charge in [-0.05, 0) is 35.4 Å². The van der Waals surface area contributed by atoms with E-state index in [2.05, 4.69) is 0 Å². The highest BCUT2D eigenvalue weighted by molar-refractivity contribution is 7.98. The van der Waals surface area contributed by atoms with Gasteiger partial charge >= 0.3 is 6.09 Å². The summed E-state index contributed by atoms with van der Waals surface area (Å²) < 4.78 is 42.9. The van der Waals surface area contributed by atoms with Crippen LogP contribution in [0.4, 0.5) is 19.3 Å². The molecule has 0 saturated carbocycles. The van der Waals surface area contributed by atoms with Gasteiger partial charge in [0, 0.05) is 47.8 Å². The van der Waals surface area contributed by atoms with Gasteiger partial charge in [-0.1, -0.05) is 42.5 Å². The molecule has 3 aliphatic heterocycles. The summed E-state index contributed by atoms with van der Waals surface area (Å²) in [5.41, 5.74) is 1.24. The van der Waals surface area contributed by atoms with Crippen LogP contribution in [0.25, 0.3) is 0 Å². The number of morpholine rings is 1. The van der Waals surface area contributed by atoms with Crippen LogP contribution in [-0.4, -0.2) is 54.5 Å². The number of amides is 2. The molecule has 0 bridgehead atoms. The third-order valence-electron chi connectivity index (χ3n) is 8.14. The number of anilines is 1. The van der Waals surface area contributed by atoms with Gasteiger partial charge < -0.3 is 14.4 Å². The van der Waals surface area contributed by atoms with Crippen molar-refractivity contribution in [2.75, 3.05) is 36.7 Å². The van der Waals surface area contributed by atoms with Crippen molar-refractivity contribution in [2.45, 2.75) is 22.9 Å². The number of rotatable bonds is 3. The quantitative estimate of drug-likeness (QED) is 0.324. The summed E-state index contributed by atoms with van der Waals surface area (Å²) in [4.78, 5) is 44.3. The van der Waals surface area contributed by atoms with Gasteiger partial charge in [0.15, 0.2) is 17.3 Å². The van der Waals surface area contributed by atoms with E-state index in [1.807, 2.05) is 29.3 Å². The molecule has 0 radical (unpaired) electrons. The number of carbonyl (C=O) groups excluding carboxylic acids is 2. The maximum Gasteiger partial charge on any atom is 0.419 e. The molecular weight excluding hydrogens is 590 g/mol. The number of ether oxygens (including phenoxy) is 2. The number of benzene rings is 3. The summed E-state index contributed by atoms with van der Waals surface area (Å²) in [6.45, 7) is 0.578. The largest absolute Gasteiger partial charge is 0.419 e. The van der Waals surface area contributed by atoms with Gasteiger partial charge in [-0.25, -0.2) is 13.6 Å². The lowest BCUT2D eigenvalue weighted by molar-refractivity contribution is -0.0197. The molecule has 2 atom stereocenters. The van der Waals surface area contributed by atoms with Gasteiger partial charge in [0.05, 0.1) is 19.3 Å². The summed E-state index contributed by atoms with van der Waals surface area (Å²) in [7, 11) is 1.50. The van der Waals surface area contributed by atoms with Crippen LogP contribution in [0.1, 0.15) is 33.2 Å². The van der Waals surface area contributed by atoms with Crippen LogP contribution >= 0.6 is 11.8 Å². The van der Waals surface area contributed by atoms with Crippen molar-refractivity contribution in [1.82, 2.24) is 9.58 Å². The van der Waals surface area contributed by atoms with Crippen LogP contribution in [0.5, 0.6) is 5.75 Å². The smallest absolute Gasteiger partial charge is 0.403 e. The minimum atomic E-state index is -0.953.